The van der Waals surface area contributed by atoms with Crippen molar-refractivity contribution in [2.24, 2.45) is 11.8 Å². The van der Waals surface area contributed by atoms with Crippen LogP contribution in [-0.4, -0.2) is 72.8 Å². The predicted octanol–water partition coefficient (Wildman–Crippen LogP) is 2.11. The fourth-order valence-electron chi connectivity index (χ4n) is 4.49. The van der Waals surface area contributed by atoms with Gasteiger partial charge in [0.15, 0.2) is 0 Å². The lowest BCUT2D eigenvalue weighted by molar-refractivity contribution is 0.0746. The van der Waals surface area contributed by atoms with E-state index in [0.29, 0.717) is 62.6 Å². The fraction of sp³-hybridized carbons (Fsp3) is 0.500. The number of carbonyl (C=O) groups excluding carboxylic acids is 1. The van der Waals surface area contributed by atoms with Gasteiger partial charge in [-0.25, -0.2) is 18.4 Å². The Labute approximate surface area is 183 Å². The Morgan fingerprint density at radius 3 is 2.26 bits per heavy atom. The van der Waals surface area contributed by atoms with Crippen LogP contribution in [0.15, 0.2) is 47.6 Å². The maximum atomic E-state index is 13.2. The molecule has 0 spiro atoms. The van der Waals surface area contributed by atoms with Gasteiger partial charge in [-0.15, -0.1) is 0 Å². The van der Waals surface area contributed by atoms with Gasteiger partial charge in [-0.1, -0.05) is 19.9 Å². The first kappa shape index (κ1) is 21.7. The predicted molar refractivity (Wildman–Crippen MR) is 118 cm³/mol. The molecule has 166 valence electrons. The third kappa shape index (κ3) is 4.72. The van der Waals surface area contributed by atoms with E-state index in [4.69, 9.17) is 0 Å². The second kappa shape index (κ2) is 8.92. The number of aromatic nitrogens is 2. The van der Waals surface area contributed by atoms with Crippen LogP contribution in [0.1, 0.15) is 30.6 Å². The molecular weight excluding hydrogens is 414 g/mol. The summed E-state index contributed by atoms with van der Waals surface area (Å²) in [4.78, 5) is 25.6. The van der Waals surface area contributed by atoms with Gasteiger partial charge in [0.25, 0.3) is 5.91 Å². The first-order valence-electron chi connectivity index (χ1n) is 10.8. The summed E-state index contributed by atoms with van der Waals surface area (Å²) in [6, 6.07) is 8.23. The van der Waals surface area contributed by atoms with Crippen molar-refractivity contribution in [2.45, 2.75) is 25.2 Å². The van der Waals surface area contributed by atoms with Gasteiger partial charge < -0.3 is 9.80 Å². The monoisotopic (exact) mass is 443 g/mol. The van der Waals surface area contributed by atoms with E-state index in [0.717, 1.165) is 6.42 Å². The number of piperidine rings is 1. The van der Waals surface area contributed by atoms with Crippen LogP contribution in [0.25, 0.3) is 0 Å². The highest BCUT2D eigenvalue weighted by molar-refractivity contribution is 7.89. The van der Waals surface area contributed by atoms with Crippen LogP contribution in [-0.2, 0) is 10.0 Å². The average Bonchev–Trinajstić information content (AvgIpc) is 2.79. The van der Waals surface area contributed by atoms with Crippen molar-refractivity contribution in [3.8, 4) is 0 Å². The fourth-order valence-corrected chi connectivity index (χ4v) is 6.21. The van der Waals surface area contributed by atoms with Crippen LogP contribution >= 0.6 is 0 Å². The summed E-state index contributed by atoms with van der Waals surface area (Å²) in [6.45, 7) is 7.55. The zero-order chi connectivity index (χ0) is 22.0. The lowest BCUT2D eigenvalue weighted by Gasteiger charge is -2.35. The van der Waals surface area contributed by atoms with Gasteiger partial charge in [0.1, 0.15) is 0 Å². The number of hydrogen-bond donors (Lipinski definition) is 0. The number of rotatable bonds is 4. The molecule has 3 heterocycles. The summed E-state index contributed by atoms with van der Waals surface area (Å²) < 4.78 is 28.0. The molecule has 2 aliphatic rings. The van der Waals surface area contributed by atoms with Gasteiger partial charge in [-0.05, 0) is 42.5 Å². The summed E-state index contributed by atoms with van der Waals surface area (Å²) in [6.07, 6.45) is 4.44. The molecule has 0 aliphatic carbocycles. The van der Waals surface area contributed by atoms with Gasteiger partial charge in [-0.2, -0.15) is 4.31 Å². The highest BCUT2D eigenvalue weighted by atomic mass is 32.2. The number of amides is 1. The molecule has 2 fully saturated rings. The third-order valence-corrected chi connectivity index (χ3v) is 7.78. The van der Waals surface area contributed by atoms with Crippen LogP contribution in [0, 0.1) is 11.8 Å². The zero-order valence-corrected chi connectivity index (χ0v) is 18.8. The van der Waals surface area contributed by atoms with Crippen molar-refractivity contribution in [1.29, 1.82) is 0 Å². The molecule has 8 nitrogen and oxygen atoms in total. The van der Waals surface area contributed by atoms with Crippen molar-refractivity contribution in [3.63, 3.8) is 0 Å². The van der Waals surface area contributed by atoms with E-state index in [-0.39, 0.29) is 10.8 Å². The minimum Gasteiger partial charge on any atom is -0.337 e. The first-order chi connectivity index (χ1) is 14.8. The molecular formula is C22H29N5O3S. The Morgan fingerprint density at radius 1 is 0.968 bits per heavy atom. The highest BCUT2D eigenvalue weighted by Crippen LogP contribution is 2.27. The number of benzene rings is 1. The molecule has 2 aliphatic heterocycles. The Hall–Kier alpha value is -2.52. The molecule has 0 saturated carbocycles. The molecule has 4 rings (SSSR count). The molecule has 0 N–H and O–H groups in total. The van der Waals surface area contributed by atoms with Crippen molar-refractivity contribution in [2.75, 3.05) is 44.2 Å². The molecule has 0 unspecified atom stereocenters. The normalized spacial score (nSPS) is 23.0. The number of carbonyl (C=O) groups is 1. The number of nitrogens with zero attached hydrogens (tertiary/aromatic N) is 5. The summed E-state index contributed by atoms with van der Waals surface area (Å²) in [7, 11) is -3.62. The van der Waals surface area contributed by atoms with E-state index < -0.39 is 10.0 Å². The van der Waals surface area contributed by atoms with Gasteiger partial charge in [0.2, 0.25) is 16.0 Å². The van der Waals surface area contributed by atoms with Gasteiger partial charge in [0, 0.05) is 57.2 Å². The molecule has 0 bridgehead atoms. The lowest BCUT2D eigenvalue weighted by Crippen LogP contribution is -2.49. The van der Waals surface area contributed by atoms with Crippen molar-refractivity contribution in [1.82, 2.24) is 19.2 Å². The Balaban J connectivity index is 1.46. The second-order valence-electron chi connectivity index (χ2n) is 8.62. The summed E-state index contributed by atoms with van der Waals surface area (Å²) in [5, 5.41) is 0. The summed E-state index contributed by atoms with van der Waals surface area (Å²) in [5.74, 6) is 1.17. The van der Waals surface area contributed by atoms with Crippen molar-refractivity contribution in [3.05, 3.63) is 48.3 Å². The SMILES string of the molecule is C[C@@H]1C[C@@H](C)CN(S(=O)(=O)c2cccc(C(=O)N3CCN(c4ncccn4)CC3)c2)C1. The highest BCUT2D eigenvalue weighted by Gasteiger charge is 2.32. The van der Waals surface area contributed by atoms with Gasteiger partial charge in [-0.3, -0.25) is 4.79 Å². The molecule has 1 amide bonds. The maximum absolute atomic E-state index is 13.2. The number of piperazine rings is 1. The van der Waals surface area contributed by atoms with Gasteiger partial charge >= 0.3 is 0 Å². The van der Waals surface area contributed by atoms with E-state index in [1.165, 1.54) is 6.07 Å². The van der Waals surface area contributed by atoms with Crippen LogP contribution < -0.4 is 4.90 Å². The summed E-state index contributed by atoms with van der Waals surface area (Å²) >= 11 is 0. The van der Waals surface area contributed by atoms with E-state index in [2.05, 4.69) is 23.8 Å². The maximum Gasteiger partial charge on any atom is 0.254 e. The molecule has 1 aromatic heterocycles. The van der Waals surface area contributed by atoms with E-state index >= 15 is 0 Å². The van der Waals surface area contributed by atoms with Crippen molar-refractivity contribution < 1.29 is 13.2 Å². The lowest BCUT2D eigenvalue weighted by atomic mass is 9.94. The van der Waals surface area contributed by atoms with E-state index in [1.807, 2.05) is 4.90 Å². The van der Waals surface area contributed by atoms with E-state index in [9.17, 15) is 13.2 Å². The first-order valence-corrected chi connectivity index (χ1v) is 12.2. The van der Waals surface area contributed by atoms with Gasteiger partial charge in [0.05, 0.1) is 4.90 Å². The number of hydrogen-bond acceptors (Lipinski definition) is 6. The largest absolute Gasteiger partial charge is 0.337 e. The summed E-state index contributed by atoms with van der Waals surface area (Å²) in [5.41, 5.74) is 0.406. The molecule has 1 aromatic carbocycles. The average molecular weight is 444 g/mol. The minimum absolute atomic E-state index is 0.147. The molecule has 2 atom stereocenters. The molecule has 0 radical (unpaired) electrons. The Morgan fingerprint density at radius 2 is 1.61 bits per heavy atom. The van der Waals surface area contributed by atoms with Crippen LogP contribution in [0.3, 0.4) is 0 Å². The van der Waals surface area contributed by atoms with Crippen LogP contribution in [0.2, 0.25) is 0 Å². The second-order valence-corrected chi connectivity index (χ2v) is 10.6. The van der Waals surface area contributed by atoms with Crippen LogP contribution in [0.5, 0.6) is 0 Å². The third-order valence-electron chi connectivity index (χ3n) is 5.96. The van der Waals surface area contributed by atoms with Crippen LogP contribution in [0.4, 0.5) is 5.95 Å². The Kier molecular flexibility index (Phi) is 6.24. The van der Waals surface area contributed by atoms with Crippen molar-refractivity contribution >= 4 is 21.9 Å². The molecule has 2 saturated heterocycles. The Bertz CT molecular complexity index is 1010. The molecule has 2 aromatic rings. The number of sulfonamides is 1. The van der Waals surface area contributed by atoms with E-state index in [1.54, 1.807) is 45.9 Å². The smallest absolute Gasteiger partial charge is 0.254 e. The molecule has 31 heavy (non-hydrogen) atoms. The standard InChI is InChI=1S/C22H29N5O3S/c1-17-13-18(2)16-27(15-17)31(29,30)20-6-3-5-19(14-20)21(28)25-9-11-26(12-10-25)22-23-7-4-8-24-22/h3-8,14,17-18H,9-13,15-16H2,1-2H3/t17-,18-/m1/s1. The topological polar surface area (TPSA) is 86.7 Å². The quantitative estimate of drug-likeness (QED) is 0.719. The zero-order valence-electron chi connectivity index (χ0n) is 18.0. The number of anilines is 1. The molecule has 9 heteroatoms. The minimum atomic E-state index is -3.62.